The normalized spacial score (nSPS) is 16.1. The topological polar surface area (TPSA) is 51.0 Å². The average molecular weight is 362 g/mol. The summed E-state index contributed by atoms with van der Waals surface area (Å²) in [7, 11) is 1.86. The van der Waals surface area contributed by atoms with Crippen molar-refractivity contribution in [3.63, 3.8) is 0 Å². The van der Waals surface area contributed by atoms with Gasteiger partial charge in [-0.2, -0.15) is 15.0 Å². The Bertz CT molecular complexity index is 845. The minimum Gasteiger partial charge on any atom is -0.345 e. The summed E-state index contributed by atoms with van der Waals surface area (Å²) in [5.74, 6) is 0.296. The summed E-state index contributed by atoms with van der Waals surface area (Å²) in [5, 5.41) is 8.74. The molecule has 0 aliphatic carbocycles. The SMILES string of the molecule is CN1CCC(Cc2cnn(Cc3ccccc3)n2)C1=O.Cc1ccccc1. The number of carbonyl (C=O) groups excluding carboxylic acids is 1. The quantitative estimate of drug-likeness (QED) is 0.715. The first-order valence-electron chi connectivity index (χ1n) is 9.31. The Kier molecular flexibility index (Phi) is 6.36. The van der Waals surface area contributed by atoms with Crippen LogP contribution in [0.1, 0.15) is 23.2 Å². The first-order chi connectivity index (χ1) is 13.1. The minimum atomic E-state index is 0.0712. The zero-order chi connectivity index (χ0) is 19.1. The van der Waals surface area contributed by atoms with Gasteiger partial charge in [0.05, 0.1) is 18.4 Å². The zero-order valence-electron chi connectivity index (χ0n) is 16.0. The molecule has 0 radical (unpaired) electrons. The lowest BCUT2D eigenvalue weighted by molar-refractivity contribution is -0.129. The van der Waals surface area contributed by atoms with Gasteiger partial charge in [-0.3, -0.25) is 4.79 Å². The van der Waals surface area contributed by atoms with Crippen LogP contribution in [-0.2, 0) is 17.8 Å². The third-order valence-corrected chi connectivity index (χ3v) is 4.69. The standard InChI is InChI=1S/C15H18N4O.C7H8/c1-18-8-7-13(15(18)20)9-14-10-16-19(17-14)11-12-5-3-2-4-6-12;1-7-5-3-2-4-6-7/h2-6,10,13H,7-9,11H2,1H3;2-6H,1H3. The van der Waals surface area contributed by atoms with E-state index in [0.717, 1.165) is 18.7 Å². The molecule has 1 atom stereocenters. The summed E-state index contributed by atoms with van der Waals surface area (Å²) in [4.78, 5) is 15.4. The first-order valence-corrected chi connectivity index (χ1v) is 9.31. The van der Waals surface area contributed by atoms with E-state index in [1.807, 2.05) is 43.4 Å². The number of carbonyl (C=O) groups is 1. The Morgan fingerprint density at radius 3 is 2.26 bits per heavy atom. The van der Waals surface area contributed by atoms with Gasteiger partial charge in [0.2, 0.25) is 5.91 Å². The molecule has 1 fully saturated rings. The van der Waals surface area contributed by atoms with Crippen LogP contribution in [0.2, 0.25) is 0 Å². The van der Waals surface area contributed by atoms with Gasteiger partial charge in [0.25, 0.3) is 0 Å². The number of hydrogen-bond donors (Lipinski definition) is 0. The van der Waals surface area contributed by atoms with Crippen molar-refractivity contribution in [1.82, 2.24) is 19.9 Å². The van der Waals surface area contributed by atoms with Gasteiger partial charge in [-0.1, -0.05) is 66.2 Å². The van der Waals surface area contributed by atoms with Crippen LogP contribution >= 0.6 is 0 Å². The van der Waals surface area contributed by atoms with Crippen molar-refractivity contribution in [1.29, 1.82) is 0 Å². The number of likely N-dealkylation sites (tertiary alicyclic amines) is 1. The Morgan fingerprint density at radius 1 is 1.04 bits per heavy atom. The average Bonchev–Trinajstić information content (AvgIpc) is 3.25. The highest BCUT2D eigenvalue weighted by molar-refractivity contribution is 5.80. The van der Waals surface area contributed by atoms with Crippen LogP contribution in [-0.4, -0.2) is 39.4 Å². The second kappa shape index (κ2) is 9.12. The molecule has 1 aromatic heterocycles. The molecule has 5 heteroatoms. The third-order valence-electron chi connectivity index (χ3n) is 4.69. The number of hydrogen-bond acceptors (Lipinski definition) is 3. The van der Waals surface area contributed by atoms with Gasteiger partial charge in [-0.05, 0) is 18.9 Å². The van der Waals surface area contributed by atoms with Crippen molar-refractivity contribution < 1.29 is 4.79 Å². The monoisotopic (exact) mass is 362 g/mol. The van der Waals surface area contributed by atoms with Gasteiger partial charge in [-0.15, -0.1) is 0 Å². The fraction of sp³-hybridized carbons (Fsp3) is 0.318. The molecule has 1 aliphatic rings. The highest BCUT2D eigenvalue weighted by Crippen LogP contribution is 2.20. The number of nitrogens with zero attached hydrogens (tertiary/aromatic N) is 4. The third kappa shape index (κ3) is 5.51. The minimum absolute atomic E-state index is 0.0712. The molecule has 27 heavy (non-hydrogen) atoms. The van der Waals surface area contributed by atoms with Gasteiger partial charge in [0.1, 0.15) is 0 Å². The van der Waals surface area contributed by atoms with Crippen LogP contribution in [0.25, 0.3) is 0 Å². The van der Waals surface area contributed by atoms with Crippen molar-refractivity contribution in [2.45, 2.75) is 26.3 Å². The van der Waals surface area contributed by atoms with E-state index in [-0.39, 0.29) is 11.8 Å². The molecule has 1 aliphatic heterocycles. The van der Waals surface area contributed by atoms with Crippen molar-refractivity contribution in [2.24, 2.45) is 5.92 Å². The number of aryl methyl sites for hydroxylation is 1. The summed E-state index contributed by atoms with van der Waals surface area (Å²) in [6.45, 7) is 3.60. The molecule has 140 valence electrons. The van der Waals surface area contributed by atoms with E-state index >= 15 is 0 Å². The van der Waals surface area contributed by atoms with Gasteiger partial charge < -0.3 is 4.90 Å². The summed E-state index contributed by atoms with van der Waals surface area (Å²) >= 11 is 0. The van der Waals surface area contributed by atoms with E-state index in [2.05, 4.69) is 41.4 Å². The largest absolute Gasteiger partial charge is 0.345 e. The van der Waals surface area contributed by atoms with Gasteiger partial charge in [-0.25, -0.2) is 0 Å². The molecule has 0 N–H and O–H groups in total. The van der Waals surface area contributed by atoms with Gasteiger partial charge in [0.15, 0.2) is 0 Å². The maximum Gasteiger partial charge on any atom is 0.225 e. The summed E-state index contributed by atoms with van der Waals surface area (Å²) < 4.78 is 0. The highest BCUT2D eigenvalue weighted by atomic mass is 16.2. The number of rotatable bonds is 4. The lowest BCUT2D eigenvalue weighted by Gasteiger charge is -2.08. The molecule has 0 bridgehead atoms. The lowest BCUT2D eigenvalue weighted by atomic mass is 10.0. The van der Waals surface area contributed by atoms with Crippen LogP contribution in [0.15, 0.2) is 66.9 Å². The molecule has 1 saturated heterocycles. The smallest absolute Gasteiger partial charge is 0.225 e. The molecule has 5 nitrogen and oxygen atoms in total. The lowest BCUT2D eigenvalue weighted by Crippen LogP contribution is -2.23. The first kappa shape index (κ1) is 18.8. The Hall–Kier alpha value is -2.95. The molecular formula is C22H26N4O. The maximum atomic E-state index is 11.9. The van der Waals surface area contributed by atoms with Crippen LogP contribution in [0.3, 0.4) is 0 Å². The summed E-state index contributed by atoms with van der Waals surface area (Å²) in [6, 6.07) is 20.4. The molecular weight excluding hydrogens is 336 g/mol. The van der Waals surface area contributed by atoms with E-state index < -0.39 is 0 Å². The van der Waals surface area contributed by atoms with Gasteiger partial charge >= 0.3 is 0 Å². The van der Waals surface area contributed by atoms with E-state index in [4.69, 9.17) is 0 Å². The Morgan fingerprint density at radius 2 is 1.70 bits per heavy atom. The number of amides is 1. The molecule has 1 amide bonds. The van der Waals surface area contributed by atoms with Crippen LogP contribution in [0, 0.1) is 12.8 Å². The molecule has 1 unspecified atom stereocenters. The van der Waals surface area contributed by atoms with Gasteiger partial charge in [0, 0.05) is 25.9 Å². The molecule has 0 spiro atoms. The molecule has 2 aromatic carbocycles. The van der Waals surface area contributed by atoms with Crippen molar-refractivity contribution in [3.05, 3.63) is 83.7 Å². The Balaban J connectivity index is 0.000000253. The number of benzene rings is 2. The van der Waals surface area contributed by atoms with Crippen molar-refractivity contribution in [3.8, 4) is 0 Å². The van der Waals surface area contributed by atoms with Crippen LogP contribution in [0.4, 0.5) is 0 Å². The summed E-state index contributed by atoms with van der Waals surface area (Å²) in [5.41, 5.74) is 3.39. The molecule has 3 aromatic rings. The summed E-state index contributed by atoms with van der Waals surface area (Å²) in [6.07, 6.45) is 3.38. The van der Waals surface area contributed by atoms with E-state index in [1.165, 1.54) is 11.1 Å². The van der Waals surface area contributed by atoms with Crippen molar-refractivity contribution in [2.75, 3.05) is 13.6 Å². The zero-order valence-corrected chi connectivity index (χ0v) is 16.0. The van der Waals surface area contributed by atoms with Crippen LogP contribution < -0.4 is 0 Å². The van der Waals surface area contributed by atoms with E-state index in [9.17, 15) is 4.79 Å². The highest BCUT2D eigenvalue weighted by Gasteiger charge is 2.29. The van der Waals surface area contributed by atoms with Crippen LogP contribution in [0.5, 0.6) is 0 Å². The predicted molar refractivity (Wildman–Crippen MR) is 106 cm³/mol. The van der Waals surface area contributed by atoms with Crippen molar-refractivity contribution >= 4 is 5.91 Å². The number of aromatic nitrogens is 3. The fourth-order valence-corrected chi connectivity index (χ4v) is 3.12. The second-order valence-corrected chi connectivity index (χ2v) is 6.96. The maximum absolute atomic E-state index is 11.9. The van der Waals surface area contributed by atoms with E-state index in [1.54, 1.807) is 15.9 Å². The van der Waals surface area contributed by atoms with E-state index in [0.29, 0.717) is 13.0 Å². The Labute approximate surface area is 160 Å². The molecule has 2 heterocycles. The second-order valence-electron chi connectivity index (χ2n) is 6.96. The predicted octanol–water partition coefficient (Wildman–Crippen LogP) is 3.34. The fourth-order valence-electron chi connectivity index (χ4n) is 3.12. The molecule has 4 rings (SSSR count). The molecule has 0 saturated carbocycles.